The molecule has 0 aliphatic carbocycles. The maximum absolute atomic E-state index is 10.8. The predicted molar refractivity (Wildman–Crippen MR) is 45.9 cm³/mol. The second kappa shape index (κ2) is 5.36. The highest BCUT2D eigenvalue weighted by molar-refractivity contribution is 6.03. The van der Waals surface area contributed by atoms with Gasteiger partial charge in [0.05, 0.1) is 0 Å². The zero-order valence-electron chi connectivity index (χ0n) is 7.68. The third kappa shape index (κ3) is 2.39. The van der Waals surface area contributed by atoms with Crippen LogP contribution in [-0.2, 0) is 9.59 Å². The lowest BCUT2D eigenvalue weighted by Gasteiger charge is -2.00. The summed E-state index contributed by atoms with van der Waals surface area (Å²) < 4.78 is 0. The highest BCUT2D eigenvalue weighted by atomic mass is 16.2. The SMILES string of the molecule is CC.CC#CN1C(=O)CCC1=O. The fraction of sp³-hybridized carbons (Fsp3) is 0.556. The topological polar surface area (TPSA) is 37.4 Å². The molecule has 0 aromatic carbocycles. The molecule has 0 saturated carbocycles. The maximum Gasteiger partial charge on any atom is 0.241 e. The van der Waals surface area contributed by atoms with E-state index < -0.39 is 0 Å². The predicted octanol–water partition coefficient (Wildman–Crippen LogP) is 1.14. The molecule has 1 rings (SSSR count). The van der Waals surface area contributed by atoms with Gasteiger partial charge in [-0.05, 0) is 6.92 Å². The highest BCUT2D eigenvalue weighted by Crippen LogP contribution is 2.09. The molecule has 12 heavy (non-hydrogen) atoms. The molecule has 1 aliphatic rings. The van der Waals surface area contributed by atoms with Crippen LogP contribution >= 0.6 is 0 Å². The normalized spacial score (nSPS) is 14.8. The molecule has 3 nitrogen and oxygen atoms in total. The molecular formula is C9H13NO2. The minimum Gasteiger partial charge on any atom is -0.273 e. The molecule has 1 heterocycles. The molecule has 0 unspecified atom stereocenters. The van der Waals surface area contributed by atoms with Crippen LogP contribution < -0.4 is 0 Å². The van der Waals surface area contributed by atoms with E-state index in [9.17, 15) is 9.59 Å². The first-order valence-corrected chi connectivity index (χ1v) is 4.04. The van der Waals surface area contributed by atoms with E-state index in [1.54, 1.807) is 6.92 Å². The fourth-order valence-corrected chi connectivity index (χ4v) is 0.813. The van der Waals surface area contributed by atoms with Crippen LogP contribution in [0.3, 0.4) is 0 Å². The van der Waals surface area contributed by atoms with Crippen molar-refractivity contribution < 1.29 is 9.59 Å². The van der Waals surface area contributed by atoms with Gasteiger partial charge in [0.15, 0.2) is 0 Å². The Balaban J connectivity index is 0.000000561. The fourth-order valence-electron chi connectivity index (χ4n) is 0.813. The minimum atomic E-state index is -0.181. The Kier molecular flexibility index (Phi) is 4.78. The van der Waals surface area contributed by atoms with Gasteiger partial charge < -0.3 is 0 Å². The average molecular weight is 167 g/mol. The molecule has 0 spiro atoms. The second-order valence-corrected chi connectivity index (χ2v) is 1.98. The molecule has 1 fully saturated rings. The van der Waals surface area contributed by atoms with Gasteiger partial charge in [0.1, 0.15) is 0 Å². The van der Waals surface area contributed by atoms with Crippen molar-refractivity contribution in [3.8, 4) is 12.0 Å². The molecule has 0 bridgehead atoms. The second-order valence-electron chi connectivity index (χ2n) is 1.98. The first-order valence-electron chi connectivity index (χ1n) is 4.04. The van der Waals surface area contributed by atoms with E-state index >= 15 is 0 Å². The summed E-state index contributed by atoms with van der Waals surface area (Å²) in [6, 6.07) is 2.43. The monoisotopic (exact) mass is 167 g/mol. The molecule has 0 N–H and O–H groups in total. The summed E-state index contributed by atoms with van der Waals surface area (Å²) in [5, 5.41) is 0. The zero-order valence-corrected chi connectivity index (χ0v) is 7.68. The number of amides is 2. The largest absolute Gasteiger partial charge is 0.273 e. The molecule has 0 aromatic rings. The number of hydrogen-bond acceptors (Lipinski definition) is 2. The van der Waals surface area contributed by atoms with Crippen LogP contribution in [0.25, 0.3) is 0 Å². The number of carbonyl (C=O) groups is 2. The maximum atomic E-state index is 10.8. The number of hydrogen-bond donors (Lipinski definition) is 0. The lowest BCUT2D eigenvalue weighted by molar-refractivity contribution is -0.134. The van der Waals surface area contributed by atoms with Crippen LogP contribution in [0, 0.1) is 12.0 Å². The van der Waals surface area contributed by atoms with E-state index in [0.29, 0.717) is 12.8 Å². The summed E-state index contributed by atoms with van der Waals surface area (Å²) in [6.07, 6.45) is 0.626. The quantitative estimate of drug-likeness (QED) is 0.401. The first kappa shape index (κ1) is 10.7. The van der Waals surface area contributed by atoms with Gasteiger partial charge in [-0.15, -0.1) is 0 Å². The van der Waals surface area contributed by atoms with Gasteiger partial charge in [0.25, 0.3) is 0 Å². The van der Waals surface area contributed by atoms with Crippen LogP contribution in [0.4, 0.5) is 0 Å². The summed E-state index contributed by atoms with van der Waals surface area (Å²) in [5.41, 5.74) is 0. The number of nitrogens with zero attached hydrogens (tertiary/aromatic N) is 1. The Hall–Kier alpha value is -1.30. The Morgan fingerprint density at radius 3 is 1.92 bits per heavy atom. The van der Waals surface area contributed by atoms with Gasteiger partial charge in [-0.3, -0.25) is 9.59 Å². The van der Waals surface area contributed by atoms with Gasteiger partial charge in [-0.2, -0.15) is 0 Å². The van der Waals surface area contributed by atoms with E-state index in [0.717, 1.165) is 4.90 Å². The molecule has 0 atom stereocenters. The summed E-state index contributed by atoms with van der Waals surface area (Å²) in [6.45, 7) is 5.60. The van der Waals surface area contributed by atoms with Crippen molar-refractivity contribution in [1.29, 1.82) is 0 Å². The van der Waals surface area contributed by atoms with Crippen LogP contribution in [0.1, 0.15) is 33.6 Å². The van der Waals surface area contributed by atoms with Gasteiger partial charge >= 0.3 is 0 Å². The average Bonchev–Trinajstić information content (AvgIpc) is 2.40. The van der Waals surface area contributed by atoms with Gasteiger partial charge in [-0.25, -0.2) is 4.90 Å². The van der Waals surface area contributed by atoms with Crippen LogP contribution in [0.15, 0.2) is 0 Å². The Bertz CT molecular complexity index is 219. The van der Waals surface area contributed by atoms with Crippen LogP contribution in [-0.4, -0.2) is 16.7 Å². The van der Waals surface area contributed by atoms with Gasteiger partial charge in [0, 0.05) is 18.9 Å². The van der Waals surface area contributed by atoms with Crippen LogP contribution in [0.2, 0.25) is 0 Å². The third-order valence-corrected chi connectivity index (χ3v) is 1.28. The first-order chi connectivity index (χ1) is 5.75. The summed E-state index contributed by atoms with van der Waals surface area (Å²) in [4.78, 5) is 22.5. The summed E-state index contributed by atoms with van der Waals surface area (Å²) >= 11 is 0. The van der Waals surface area contributed by atoms with E-state index in [1.165, 1.54) is 0 Å². The number of carbonyl (C=O) groups excluding carboxylic acids is 2. The highest BCUT2D eigenvalue weighted by Gasteiger charge is 2.27. The molecule has 1 aliphatic heterocycles. The molecule has 2 amide bonds. The Labute approximate surface area is 72.7 Å². The van der Waals surface area contributed by atoms with E-state index in [2.05, 4.69) is 12.0 Å². The summed E-state index contributed by atoms with van der Waals surface area (Å²) in [7, 11) is 0. The minimum absolute atomic E-state index is 0.181. The van der Waals surface area contributed by atoms with Crippen molar-refractivity contribution >= 4 is 11.8 Å². The molecule has 0 aromatic heterocycles. The lowest BCUT2D eigenvalue weighted by atomic mass is 10.4. The zero-order chi connectivity index (χ0) is 9.56. The Morgan fingerprint density at radius 2 is 1.58 bits per heavy atom. The van der Waals surface area contributed by atoms with Crippen molar-refractivity contribution in [2.24, 2.45) is 0 Å². The molecule has 0 radical (unpaired) electrons. The van der Waals surface area contributed by atoms with Crippen molar-refractivity contribution in [2.75, 3.05) is 0 Å². The summed E-state index contributed by atoms with van der Waals surface area (Å²) in [5.74, 6) is 2.14. The van der Waals surface area contributed by atoms with Crippen LogP contribution in [0.5, 0.6) is 0 Å². The Morgan fingerprint density at radius 1 is 1.17 bits per heavy atom. The van der Waals surface area contributed by atoms with Gasteiger partial charge in [0.2, 0.25) is 11.8 Å². The standard InChI is InChI=1S/C7H7NO2.C2H6/c1-2-5-8-6(9)3-4-7(8)10;1-2/h3-4H2,1H3;1-2H3. The third-order valence-electron chi connectivity index (χ3n) is 1.28. The van der Waals surface area contributed by atoms with E-state index in [4.69, 9.17) is 0 Å². The smallest absolute Gasteiger partial charge is 0.241 e. The molecule has 3 heteroatoms. The van der Waals surface area contributed by atoms with Crippen molar-refractivity contribution in [3.05, 3.63) is 0 Å². The lowest BCUT2D eigenvalue weighted by Crippen LogP contribution is -2.23. The molecule has 66 valence electrons. The van der Waals surface area contributed by atoms with E-state index in [1.807, 2.05) is 13.8 Å². The van der Waals surface area contributed by atoms with E-state index in [-0.39, 0.29) is 11.8 Å². The number of imide groups is 1. The van der Waals surface area contributed by atoms with Crippen molar-refractivity contribution in [1.82, 2.24) is 4.90 Å². The van der Waals surface area contributed by atoms with Crippen molar-refractivity contribution in [3.63, 3.8) is 0 Å². The van der Waals surface area contributed by atoms with Crippen molar-refractivity contribution in [2.45, 2.75) is 33.6 Å². The van der Waals surface area contributed by atoms with Gasteiger partial charge in [-0.1, -0.05) is 19.8 Å². The molecular weight excluding hydrogens is 154 g/mol. The molecule has 1 saturated heterocycles. The number of rotatable bonds is 0. The number of likely N-dealkylation sites (tertiary alicyclic amines) is 1.